The van der Waals surface area contributed by atoms with Gasteiger partial charge >= 0.3 is 6.03 Å². The maximum Gasteiger partial charge on any atom is 0.317 e. The number of morpholine rings is 1. The van der Waals surface area contributed by atoms with Crippen molar-refractivity contribution in [3.8, 4) is 0 Å². The second-order valence-electron chi connectivity index (χ2n) is 7.23. The molecule has 0 radical (unpaired) electrons. The summed E-state index contributed by atoms with van der Waals surface area (Å²) in [5.41, 5.74) is 0.982. The van der Waals surface area contributed by atoms with Crippen LogP contribution in [0.5, 0.6) is 0 Å². The third-order valence-corrected chi connectivity index (χ3v) is 5.57. The zero-order valence-corrected chi connectivity index (χ0v) is 16.0. The quantitative estimate of drug-likeness (QED) is 0.829. The van der Waals surface area contributed by atoms with Crippen molar-refractivity contribution in [3.05, 3.63) is 42.7 Å². The summed E-state index contributed by atoms with van der Waals surface area (Å²) in [5, 5.41) is 10.9. The summed E-state index contributed by atoms with van der Waals surface area (Å²) in [6, 6.07) is 6.36. The minimum Gasteiger partial charge on any atom is -0.379 e. The Balaban J connectivity index is 1.32. The number of urea groups is 1. The van der Waals surface area contributed by atoms with Crippen molar-refractivity contribution < 1.29 is 9.53 Å². The molecule has 2 aromatic rings. The fourth-order valence-electron chi connectivity index (χ4n) is 3.94. The molecule has 2 aliphatic heterocycles. The Morgan fingerprint density at radius 1 is 1.14 bits per heavy atom. The second-order valence-corrected chi connectivity index (χ2v) is 7.23. The number of piperidine rings is 1. The van der Waals surface area contributed by atoms with Crippen molar-refractivity contribution in [1.29, 1.82) is 0 Å². The van der Waals surface area contributed by atoms with Crippen molar-refractivity contribution in [3.63, 3.8) is 0 Å². The van der Waals surface area contributed by atoms with E-state index < -0.39 is 0 Å². The summed E-state index contributed by atoms with van der Waals surface area (Å²) < 4.78 is 7.51. The lowest BCUT2D eigenvalue weighted by Crippen LogP contribution is -2.48. The van der Waals surface area contributed by atoms with Crippen LogP contribution in [0.1, 0.15) is 30.6 Å². The molecule has 2 saturated heterocycles. The minimum atomic E-state index is -0.00334. The van der Waals surface area contributed by atoms with Gasteiger partial charge in [0.2, 0.25) is 0 Å². The van der Waals surface area contributed by atoms with Crippen LogP contribution in [0.3, 0.4) is 0 Å². The number of pyridine rings is 1. The van der Waals surface area contributed by atoms with Crippen molar-refractivity contribution in [2.75, 3.05) is 45.9 Å². The lowest BCUT2D eigenvalue weighted by molar-refractivity contribution is 0.0155. The monoisotopic (exact) mass is 385 g/mol. The smallest absolute Gasteiger partial charge is 0.317 e. The summed E-state index contributed by atoms with van der Waals surface area (Å²) in [6.45, 7) is 5.15. The summed E-state index contributed by atoms with van der Waals surface area (Å²) in [5.74, 6) is 0. The Morgan fingerprint density at radius 3 is 2.57 bits per heavy atom. The Bertz CT molecular complexity index is 726. The number of nitrogens with one attached hydrogen (secondary N) is 1. The Morgan fingerprint density at radius 2 is 1.89 bits per heavy atom. The average Bonchev–Trinajstić information content (AvgIpc) is 3.30. The van der Waals surface area contributed by atoms with Gasteiger partial charge < -0.3 is 19.5 Å². The number of carbonyl (C=O) groups excluding carboxylic acids is 1. The lowest BCUT2D eigenvalue weighted by Gasteiger charge is -2.36. The Kier molecular flexibility index (Phi) is 6.13. The van der Waals surface area contributed by atoms with Gasteiger partial charge in [0.1, 0.15) is 12.7 Å². The zero-order valence-electron chi connectivity index (χ0n) is 16.0. The summed E-state index contributed by atoms with van der Waals surface area (Å²) >= 11 is 0. The van der Waals surface area contributed by atoms with Crippen LogP contribution in [0.2, 0.25) is 0 Å². The first kappa shape index (κ1) is 18.8. The van der Waals surface area contributed by atoms with E-state index in [0.717, 1.165) is 44.7 Å². The molecule has 2 aliphatic rings. The van der Waals surface area contributed by atoms with Gasteiger partial charge in [-0.05, 0) is 25.0 Å². The molecule has 0 spiro atoms. The van der Waals surface area contributed by atoms with Gasteiger partial charge in [0.15, 0.2) is 0 Å². The van der Waals surface area contributed by atoms with Crippen LogP contribution in [-0.4, -0.2) is 81.5 Å². The maximum atomic E-state index is 12.7. The highest BCUT2D eigenvalue weighted by Crippen LogP contribution is 2.22. The molecule has 4 rings (SSSR count). The van der Waals surface area contributed by atoms with Crippen molar-refractivity contribution in [1.82, 2.24) is 34.9 Å². The highest BCUT2D eigenvalue weighted by Gasteiger charge is 2.27. The largest absolute Gasteiger partial charge is 0.379 e. The molecule has 2 aromatic heterocycles. The molecule has 28 heavy (non-hydrogen) atoms. The van der Waals surface area contributed by atoms with E-state index in [0.29, 0.717) is 25.8 Å². The Labute approximate surface area is 164 Å². The minimum absolute atomic E-state index is 0.00334. The van der Waals surface area contributed by atoms with Crippen molar-refractivity contribution >= 4 is 6.03 Å². The Hall–Kier alpha value is -2.52. The molecule has 9 nitrogen and oxygen atoms in total. The topological polar surface area (TPSA) is 88.4 Å². The molecular formula is C19H27N7O2. The standard InChI is InChI=1S/C19H27N7O2/c27-19(25-7-4-16(5-8-25)26-14-22-23-15-26)21-13-18(17-3-1-2-6-20-17)24-9-11-28-12-10-24/h1-3,6,14-16,18H,4-5,7-13H2,(H,21,27)/t18-/m0/s1. The summed E-state index contributed by atoms with van der Waals surface area (Å²) in [6.07, 6.45) is 7.14. The molecule has 1 N–H and O–H groups in total. The number of hydrogen-bond acceptors (Lipinski definition) is 6. The number of amides is 2. The van der Waals surface area contributed by atoms with E-state index in [9.17, 15) is 4.79 Å². The van der Waals surface area contributed by atoms with Gasteiger partial charge in [0.25, 0.3) is 0 Å². The lowest BCUT2D eigenvalue weighted by atomic mass is 10.1. The number of likely N-dealkylation sites (tertiary alicyclic amines) is 1. The van der Waals surface area contributed by atoms with Crippen LogP contribution in [0.15, 0.2) is 37.1 Å². The number of carbonyl (C=O) groups is 1. The number of nitrogens with zero attached hydrogens (tertiary/aromatic N) is 6. The first-order valence-corrected chi connectivity index (χ1v) is 9.91. The van der Waals surface area contributed by atoms with E-state index in [4.69, 9.17) is 4.74 Å². The van der Waals surface area contributed by atoms with E-state index in [2.05, 4.69) is 25.4 Å². The molecule has 0 aliphatic carbocycles. The van der Waals surface area contributed by atoms with Crippen molar-refractivity contribution in [2.45, 2.75) is 24.9 Å². The predicted octanol–water partition coefficient (Wildman–Crippen LogP) is 1.09. The molecule has 0 saturated carbocycles. The van der Waals surface area contributed by atoms with Crippen LogP contribution in [0.25, 0.3) is 0 Å². The average molecular weight is 385 g/mol. The van der Waals surface area contributed by atoms with E-state index in [1.54, 1.807) is 18.9 Å². The van der Waals surface area contributed by atoms with Crippen LogP contribution in [0, 0.1) is 0 Å². The third kappa shape index (κ3) is 4.48. The van der Waals surface area contributed by atoms with Gasteiger partial charge in [-0.1, -0.05) is 6.07 Å². The number of rotatable bonds is 5. The fourth-order valence-corrected chi connectivity index (χ4v) is 3.94. The molecular weight excluding hydrogens is 358 g/mol. The molecule has 0 unspecified atom stereocenters. The van der Waals surface area contributed by atoms with Crippen molar-refractivity contribution in [2.24, 2.45) is 0 Å². The first-order chi connectivity index (χ1) is 13.8. The molecule has 0 aromatic carbocycles. The second kappa shape index (κ2) is 9.11. The van der Waals surface area contributed by atoms with Crippen LogP contribution in [0.4, 0.5) is 4.79 Å². The van der Waals surface area contributed by atoms with E-state index in [-0.39, 0.29) is 12.1 Å². The maximum absolute atomic E-state index is 12.7. The van der Waals surface area contributed by atoms with Gasteiger partial charge in [-0.2, -0.15) is 0 Å². The molecule has 2 fully saturated rings. The number of ether oxygens (including phenoxy) is 1. The highest BCUT2D eigenvalue weighted by molar-refractivity contribution is 5.74. The summed E-state index contributed by atoms with van der Waals surface area (Å²) in [7, 11) is 0. The predicted molar refractivity (Wildman–Crippen MR) is 103 cm³/mol. The summed E-state index contributed by atoms with van der Waals surface area (Å²) in [4.78, 5) is 21.5. The molecule has 150 valence electrons. The number of aromatic nitrogens is 4. The fraction of sp³-hybridized carbons (Fsp3) is 0.579. The van der Waals surface area contributed by atoms with Gasteiger partial charge in [-0.15, -0.1) is 10.2 Å². The van der Waals surface area contributed by atoms with Gasteiger partial charge in [0.05, 0.1) is 24.9 Å². The van der Waals surface area contributed by atoms with E-state index in [1.165, 1.54) is 0 Å². The molecule has 1 atom stereocenters. The molecule has 0 bridgehead atoms. The normalized spacial score (nSPS) is 20.1. The molecule has 4 heterocycles. The van der Waals surface area contributed by atoms with Crippen LogP contribution in [-0.2, 0) is 4.74 Å². The van der Waals surface area contributed by atoms with Crippen LogP contribution >= 0.6 is 0 Å². The van der Waals surface area contributed by atoms with E-state index >= 15 is 0 Å². The van der Waals surface area contributed by atoms with Crippen LogP contribution < -0.4 is 5.32 Å². The van der Waals surface area contributed by atoms with Gasteiger partial charge in [-0.25, -0.2) is 4.79 Å². The SMILES string of the molecule is O=C(NC[C@@H](c1ccccn1)N1CCOCC1)N1CCC(n2cnnc2)CC1. The number of hydrogen-bond donors (Lipinski definition) is 1. The van der Waals surface area contributed by atoms with E-state index in [1.807, 2.05) is 27.7 Å². The van der Waals surface area contributed by atoms with Gasteiger partial charge in [0, 0.05) is 45.0 Å². The third-order valence-electron chi connectivity index (χ3n) is 5.57. The van der Waals surface area contributed by atoms with Gasteiger partial charge in [-0.3, -0.25) is 9.88 Å². The molecule has 9 heteroatoms. The zero-order chi connectivity index (χ0) is 19.2. The highest BCUT2D eigenvalue weighted by atomic mass is 16.5. The first-order valence-electron chi connectivity index (χ1n) is 9.91. The molecule has 2 amide bonds.